The standard InChI is InChI=1S/C20H20O11/c1-28-9-3-2-8(23)19-14(9)16(25)13-10(29-19)4-7(22)5-11(13)30-20-18(27)17(26)15(24)12(6-21)31-20/h2-5,12,15,17-18,20-24,26-27H,6H2,1H3. The highest BCUT2D eigenvalue weighted by atomic mass is 16.7. The average Bonchev–Trinajstić information content (AvgIpc) is 2.74. The Morgan fingerprint density at radius 1 is 1.00 bits per heavy atom. The third-order valence-electron chi connectivity index (χ3n) is 5.13. The smallest absolute Gasteiger partial charge is 0.229 e. The molecule has 0 spiro atoms. The average molecular weight is 436 g/mol. The zero-order chi connectivity index (χ0) is 22.4. The van der Waals surface area contributed by atoms with Crippen molar-refractivity contribution in [3.05, 3.63) is 34.5 Å². The maximum absolute atomic E-state index is 13.3. The van der Waals surface area contributed by atoms with Crippen LogP contribution in [0, 0.1) is 0 Å². The van der Waals surface area contributed by atoms with Crippen LogP contribution in [0.15, 0.2) is 33.5 Å². The number of methoxy groups -OCH3 is 1. The first-order valence-corrected chi connectivity index (χ1v) is 9.23. The van der Waals surface area contributed by atoms with Gasteiger partial charge in [-0.25, -0.2) is 0 Å². The van der Waals surface area contributed by atoms with Crippen LogP contribution < -0.4 is 14.9 Å². The van der Waals surface area contributed by atoms with Gasteiger partial charge in [-0.3, -0.25) is 4.79 Å². The van der Waals surface area contributed by atoms with Gasteiger partial charge in [0, 0.05) is 12.1 Å². The van der Waals surface area contributed by atoms with Crippen molar-refractivity contribution >= 4 is 21.9 Å². The fraction of sp³-hybridized carbons (Fsp3) is 0.350. The Balaban J connectivity index is 1.89. The third kappa shape index (κ3) is 3.42. The van der Waals surface area contributed by atoms with Gasteiger partial charge in [0.05, 0.1) is 13.7 Å². The summed E-state index contributed by atoms with van der Waals surface area (Å²) in [6.07, 6.45) is -7.86. The van der Waals surface area contributed by atoms with E-state index in [9.17, 15) is 35.4 Å². The number of aliphatic hydroxyl groups excluding tert-OH is 4. The first-order valence-electron chi connectivity index (χ1n) is 9.23. The molecule has 0 aliphatic carbocycles. The van der Waals surface area contributed by atoms with Crippen molar-refractivity contribution in [3.8, 4) is 23.0 Å². The summed E-state index contributed by atoms with van der Waals surface area (Å²) in [6.45, 7) is -0.672. The molecule has 1 aliphatic rings. The number of ether oxygens (including phenoxy) is 3. The molecule has 4 rings (SSSR count). The van der Waals surface area contributed by atoms with Gasteiger partial charge in [-0.1, -0.05) is 0 Å². The minimum Gasteiger partial charge on any atom is -0.508 e. The van der Waals surface area contributed by atoms with E-state index in [4.69, 9.17) is 18.6 Å². The van der Waals surface area contributed by atoms with Gasteiger partial charge in [-0.05, 0) is 12.1 Å². The number of aromatic hydroxyl groups is 2. The summed E-state index contributed by atoms with van der Waals surface area (Å²) in [7, 11) is 1.33. The number of rotatable bonds is 4. The van der Waals surface area contributed by atoms with Crippen molar-refractivity contribution in [2.75, 3.05) is 13.7 Å². The summed E-state index contributed by atoms with van der Waals surface area (Å²) < 4.78 is 21.7. The lowest BCUT2D eigenvalue weighted by Crippen LogP contribution is -2.60. The Labute approximate surface area is 173 Å². The molecule has 11 nitrogen and oxygen atoms in total. The molecular weight excluding hydrogens is 416 g/mol. The van der Waals surface area contributed by atoms with Crippen LogP contribution in [0.3, 0.4) is 0 Å². The van der Waals surface area contributed by atoms with Gasteiger partial charge in [-0.2, -0.15) is 0 Å². The van der Waals surface area contributed by atoms with Crippen molar-refractivity contribution < 1.29 is 49.3 Å². The summed E-state index contributed by atoms with van der Waals surface area (Å²) in [5.41, 5.74) is -0.967. The molecule has 31 heavy (non-hydrogen) atoms. The van der Waals surface area contributed by atoms with Gasteiger partial charge in [0.15, 0.2) is 11.3 Å². The maximum atomic E-state index is 13.3. The van der Waals surface area contributed by atoms with Crippen molar-refractivity contribution in [2.45, 2.75) is 30.7 Å². The van der Waals surface area contributed by atoms with E-state index in [1.165, 1.54) is 19.2 Å². The Kier molecular flexibility index (Phi) is 5.37. The lowest BCUT2D eigenvalue weighted by molar-refractivity contribution is -0.277. The van der Waals surface area contributed by atoms with Gasteiger partial charge >= 0.3 is 0 Å². The van der Waals surface area contributed by atoms with Crippen LogP contribution in [0.1, 0.15) is 0 Å². The molecule has 2 heterocycles. The minimum atomic E-state index is -1.73. The Morgan fingerprint density at radius 2 is 1.74 bits per heavy atom. The molecule has 3 aromatic rings. The van der Waals surface area contributed by atoms with Crippen molar-refractivity contribution in [2.24, 2.45) is 0 Å². The van der Waals surface area contributed by atoms with Crippen molar-refractivity contribution in [3.63, 3.8) is 0 Å². The number of phenols is 2. The summed E-state index contributed by atoms with van der Waals surface area (Å²) in [5, 5.41) is 59.4. The summed E-state index contributed by atoms with van der Waals surface area (Å²) >= 11 is 0. The van der Waals surface area contributed by atoms with Crippen LogP contribution in [-0.2, 0) is 4.74 Å². The number of fused-ring (bicyclic) bond motifs is 2. The van der Waals surface area contributed by atoms with Gasteiger partial charge in [0.2, 0.25) is 11.7 Å². The van der Waals surface area contributed by atoms with Crippen LogP contribution in [0.2, 0.25) is 0 Å². The Bertz CT molecular complexity index is 1190. The predicted octanol–water partition coefficient (Wildman–Crippen LogP) is -0.455. The number of hydrogen-bond acceptors (Lipinski definition) is 11. The second-order valence-electron chi connectivity index (χ2n) is 7.05. The van der Waals surface area contributed by atoms with Crippen LogP contribution in [0.25, 0.3) is 21.9 Å². The molecule has 0 amide bonds. The monoisotopic (exact) mass is 436 g/mol. The summed E-state index contributed by atoms with van der Waals surface area (Å²) in [5.74, 6) is -0.831. The topological polar surface area (TPSA) is 179 Å². The molecule has 5 unspecified atom stereocenters. The lowest BCUT2D eigenvalue weighted by atomic mass is 9.99. The van der Waals surface area contributed by atoms with Crippen LogP contribution in [-0.4, -0.2) is 75.1 Å². The van der Waals surface area contributed by atoms with E-state index in [0.29, 0.717) is 0 Å². The highest BCUT2D eigenvalue weighted by Gasteiger charge is 2.45. The fourth-order valence-corrected chi connectivity index (χ4v) is 3.54. The molecule has 11 heteroatoms. The van der Waals surface area contributed by atoms with E-state index in [2.05, 4.69) is 0 Å². The predicted molar refractivity (Wildman–Crippen MR) is 104 cm³/mol. The van der Waals surface area contributed by atoms with Crippen LogP contribution >= 0.6 is 0 Å². The van der Waals surface area contributed by atoms with Crippen LogP contribution in [0.5, 0.6) is 23.0 Å². The Hall–Kier alpha value is -3.09. The van der Waals surface area contributed by atoms with E-state index in [0.717, 1.165) is 12.1 Å². The van der Waals surface area contributed by atoms with E-state index in [-0.39, 0.29) is 44.9 Å². The van der Waals surface area contributed by atoms with Crippen molar-refractivity contribution in [1.29, 1.82) is 0 Å². The first kappa shape index (κ1) is 21.2. The largest absolute Gasteiger partial charge is 0.508 e. The van der Waals surface area contributed by atoms with E-state index in [1.807, 2.05) is 0 Å². The van der Waals surface area contributed by atoms with Gasteiger partial charge < -0.3 is 49.3 Å². The molecule has 0 saturated carbocycles. The maximum Gasteiger partial charge on any atom is 0.229 e. The molecule has 0 bridgehead atoms. The molecule has 1 aliphatic heterocycles. The molecule has 2 aromatic carbocycles. The first-order chi connectivity index (χ1) is 14.8. The second kappa shape index (κ2) is 7.87. The normalized spacial score (nSPS) is 26.3. The zero-order valence-electron chi connectivity index (χ0n) is 16.1. The summed E-state index contributed by atoms with van der Waals surface area (Å²) in [4.78, 5) is 13.3. The molecule has 1 aromatic heterocycles. The highest BCUT2D eigenvalue weighted by Crippen LogP contribution is 2.37. The van der Waals surface area contributed by atoms with E-state index >= 15 is 0 Å². The van der Waals surface area contributed by atoms with Gasteiger partial charge in [-0.15, -0.1) is 0 Å². The van der Waals surface area contributed by atoms with Gasteiger partial charge in [0.1, 0.15) is 58.0 Å². The number of aliphatic hydroxyl groups is 4. The molecule has 0 radical (unpaired) electrons. The quantitative estimate of drug-likeness (QED) is 0.292. The number of hydrogen-bond donors (Lipinski definition) is 6. The molecule has 6 N–H and O–H groups in total. The second-order valence-corrected chi connectivity index (χ2v) is 7.05. The minimum absolute atomic E-state index is 0.0839. The molecule has 1 fully saturated rings. The molecule has 166 valence electrons. The number of benzene rings is 2. The highest BCUT2D eigenvalue weighted by molar-refractivity contribution is 5.98. The number of phenolic OH excluding ortho intramolecular Hbond substituents is 2. The molecular formula is C20H20O11. The van der Waals surface area contributed by atoms with E-state index < -0.39 is 42.7 Å². The van der Waals surface area contributed by atoms with Crippen molar-refractivity contribution in [1.82, 2.24) is 0 Å². The zero-order valence-corrected chi connectivity index (χ0v) is 16.1. The molecule has 5 atom stereocenters. The fourth-order valence-electron chi connectivity index (χ4n) is 3.54. The third-order valence-corrected chi connectivity index (χ3v) is 5.13. The SMILES string of the molecule is COc1ccc(O)c2oc3cc(O)cc(OC4OC(CO)C(O)C(O)C4O)c3c(=O)c12. The van der Waals surface area contributed by atoms with Gasteiger partial charge in [0.25, 0.3) is 0 Å². The summed E-state index contributed by atoms with van der Waals surface area (Å²) in [6, 6.07) is 4.86. The molecule has 1 saturated heterocycles. The Morgan fingerprint density at radius 3 is 2.42 bits per heavy atom. The van der Waals surface area contributed by atoms with E-state index in [1.54, 1.807) is 0 Å². The lowest BCUT2D eigenvalue weighted by Gasteiger charge is -2.39. The van der Waals surface area contributed by atoms with Crippen LogP contribution in [0.4, 0.5) is 0 Å².